The van der Waals surface area contributed by atoms with Crippen LogP contribution in [0.1, 0.15) is 5.56 Å². The Bertz CT molecular complexity index is 731. The second-order valence-corrected chi connectivity index (χ2v) is 4.50. The van der Waals surface area contributed by atoms with Gasteiger partial charge in [0.1, 0.15) is 0 Å². The number of carbonyl (C=O) groups is 2. The fraction of sp³-hybridized carbons (Fsp3) is 0.0667. The van der Waals surface area contributed by atoms with Crippen molar-refractivity contribution in [3.8, 4) is 0 Å². The van der Waals surface area contributed by atoms with E-state index in [0.29, 0.717) is 0 Å². The molecule has 1 fully saturated rings. The van der Waals surface area contributed by atoms with Crippen LogP contribution in [0, 0.1) is 0 Å². The van der Waals surface area contributed by atoms with Gasteiger partial charge in [-0.3, -0.25) is 10.1 Å². The van der Waals surface area contributed by atoms with Crippen LogP contribution in [0.3, 0.4) is 0 Å². The van der Waals surface area contributed by atoms with Crippen molar-refractivity contribution < 1.29 is 14.7 Å². The van der Waals surface area contributed by atoms with E-state index >= 15 is 0 Å². The van der Waals surface area contributed by atoms with Crippen LogP contribution in [-0.4, -0.2) is 23.3 Å². The summed E-state index contributed by atoms with van der Waals surface area (Å²) in [5.41, 5.74) is 0.921. The van der Waals surface area contributed by atoms with Gasteiger partial charge in [0, 0.05) is 0 Å². The Hall–Kier alpha value is -2.66. The quantitative estimate of drug-likeness (QED) is 0.684. The monoisotopic (exact) mass is 268 g/mol. The smallest absolute Gasteiger partial charge is 0.323 e. The topological polar surface area (TPSA) is 78.4 Å². The molecule has 1 atom stereocenters. The fourth-order valence-electron chi connectivity index (χ4n) is 2.23. The molecule has 0 aliphatic carbocycles. The molecule has 3 amide bonds. The number of aliphatic hydroxyl groups is 1. The fourth-order valence-corrected chi connectivity index (χ4v) is 2.23. The van der Waals surface area contributed by atoms with Gasteiger partial charge in [0.05, 0.1) is 5.57 Å². The molecular formula is C15H12N2O3. The molecule has 1 heterocycles. The van der Waals surface area contributed by atoms with E-state index in [0.717, 1.165) is 16.3 Å². The van der Waals surface area contributed by atoms with E-state index in [2.05, 4.69) is 10.6 Å². The minimum absolute atomic E-state index is 0.112. The third kappa shape index (κ3) is 2.15. The molecule has 1 aliphatic rings. The molecule has 2 aromatic rings. The van der Waals surface area contributed by atoms with E-state index in [4.69, 9.17) is 0 Å². The molecule has 100 valence electrons. The molecule has 3 N–H and O–H groups in total. The molecule has 5 nitrogen and oxygen atoms in total. The zero-order chi connectivity index (χ0) is 14.1. The number of rotatable bonds is 1. The maximum atomic E-state index is 11.8. The van der Waals surface area contributed by atoms with Crippen LogP contribution in [0.25, 0.3) is 16.8 Å². The first-order chi connectivity index (χ1) is 9.65. The van der Waals surface area contributed by atoms with E-state index in [1.54, 1.807) is 6.08 Å². The molecule has 2 aromatic carbocycles. The van der Waals surface area contributed by atoms with Gasteiger partial charge in [0.25, 0.3) is 5.91 Å². The number of benzene rings is 2. The Labute approximate surface area is 114 Å². The number of hydrogen-bond acceptors (Lipinski definition) is 3. The van der Waals surface area contributed by atoms with E-state index in [1.807, 2.05) is 42.5 Å². The molecule has 0 saturated carbocycles. The Morgan fingerprint density at radius 2 is 1.80 bits per heavy atom. The highest BCUT2D eigenvalue weighted by atomic mass is 16.3. The molecule has 5 heteroatoms. The minimum Gasteiger partial charge on any atom is -0.369 e. The SMILES string of the molecule is O=C1NC(=O)C(=Cc2cccc3ccccc23)C(O)N1. The summed E-state index contributed by atoms with van der Waals surface area (Å²) in [6.07, 6.45) is 0.289. The Morgan fingerprint density at radius 3 is 2.60 bits per heavy atom. The molecule has 0 aromatic heterocycles. The summed E-state index contributed by atoms with van der Waals surface area (Å²) in [5.74, 6) is -0.589. The second kappa shape index (κ2) is 4.79. The van der Waals surface area contributed by atoms with Crippen LogP contribution in [0.2, 0.25) is 0 Å². The zero-order valence-corrected chi connectivity index (χ0v) is 10.5. The Morgan fingerprint density at radius 1 is 1.05 bits per heavy atom. The average molecular weight is 268 g/mol. The second-order valence-electron chi connectivity index (χ2n) is 4.50. The number of hydrogen-bond donors (Lipinski definition) is 3. The van der Waals surface area contributed by atoms with Gasteiger partial charge in [0.15, 0.2) is 6.23 Å². The van der Waals surface area contributed by atoms with E-state index < -0.39 is 18.2 Å². The summed E-state index contributed by atoms with van der Waals surface area (Å²) < 4.78 is 0. The summed E-state index contributed by atoms with van der Waals surface area (Å²) in [4.78, 5) is 22.8. The standard InChI is InChI=1S/C15H12N2O3/c18-13-12(14(19)17-15(20)16-13)8-10-6-3-5-9-4-1-2-7-11(9)10/h1-8,13,18H,(H2,16,17,19,20). The van der Waals surface area contributed by atoms with Crippen molar-refractivity contribution in [2.24, 2.45) is 0 Å². The summed E-state index contributed by atoms with van der Waals surface area (Å²) in [5, 5.41) is 16.1. The van der Waals surface area contributed by atoms with Crippen LogP contribution in [0.5, 0.6) is 0 Å². The summed E-state index contributed by atoms with van der Waals surface area (Å²) >= 11 is 0. The highest BCUT2D eigenvalue weighted by molar-refractivity contribution is 6.10. The van der Waals surface area contributed by atoms with Crippen molar-refractivity contribution >= 4 is 28.8 Å². The predicted molar refractivity (Wildman–Crippen MR) is 74.6 cm³/mol. The first kappa shape index (κ1) is 12.4. The van der Waals surface area contributed by atoms with Gasteiger partial charge in [0.2, 0.25) is 0 Å². The van der Waals surface area contributed by atoms with Gasteiger partial charge in [-0.05, 0) is 22.4 Å². The molecular weight excluding hydrogens is 256 g/mol. The van der Waals surface area contributed by atoms with Gasteiger partial charge >= 0.3 is 6.03 Å². The largest absolute Gasteiger partial charge is 0.369 e. The lowest BCUT2D eigenvalue weighted by molar-refractivity contribution is -0.118. The van der Waals surface area contributed by atoms with Crippen LogP contribution in [0.15, 0.2) is 48.0 Å². The van der Waals surface area contributed by atoms with Gasteiger partial charge in [-0.25, -0.2) is 4.79 Å². The average Bonchev–Trinajstić information content (AvgIpc) is 2.43. The van der Waals surface area contributed by atoms with Gasteiger partial charge in [-0.1, -0.05) is 42.5 Å². The lowest BCUT2D eigenvalue weighted by Crippen LogP contribution is -2.53. The van der Waals surface area contributed by atoms with Crippen LogP contribution < -0.4 is 10.6 Å². The summed E-state index contributed by atoms with van der Waals surface area (Å²) in [6.45, 7) is 0. The third-order valence-corrected chi connectivity index (χ3v) is 3.19. The molecule has 20 heavy (non-hydrogen) atoms. The number of carbonyl (C=O) groups excluding carboxylic acids is 2. The first-order valence-corrected chi connectivity index (χ1v) is 6.14. The third-order valence-electron chi connectivity index (χ3n) is 3.19. The number of fused-ring (bicyclic) bond motifs is 1. The highest BCUT2D eigenvalue weighted by Gasteiger charge is 2.27. The maximum absolute atomic E-state index is 11.8. The van der Waals surface area contributed by atoms with Crippen molar-refractivity contribution in [3.63, 3.8) is 0 Å². The van der Waals surface area contributed by atoms with E-state index in [-0.39, 0.29) is 5.57 Å². The number of amides is 3. The van der Waals surface area contributed by atoms with Gasteiger partial charge in [-0.2, -0.15) is 0 Å². The molecule has 1 unspecified atom stereocenters. The molecule has 0 bridgehead atoms. The maximum Gasteiger partial charge on any atom is 0.323 e. The molecule has 0 spiro atoms. The van der Waals surface area contributed by atoms with Crippen molar-refractivity contribution in [2.75, 3.05) is 0 Å². The zero-order valence-electron chi connectivity index (χ0n) is 10.5. The van der Waals surface area contributed by atoms with E-state index in [1.165, 1.54) is 0 Å². The van der Waals surface area contributed by atoms with Crippen molar-refractivity contribution in [1.82, 2.24) is 10.6 Å². The normalized spacial score (nSPS) is 20.9. The van der Waals surface area contributed by atoms with Crippen LogP contribution >= 0.6 is 0 Å². The lowest BCUT2D eigenvalue weighted by atomic mass is 10.0. The van der Waals surface area contributed by atoms with Crippen molar-refractivity contribution in [2.45, 2.75) is 6.23 Å². The lowest BCUT2D eigenvalue weighted by Gasteiger charge is -2.21. The van der Waals surface area contributed by atoms with Crippen LogP contribution in [0.4, 0.5) is 4.79 Å². The minimum atomic E-state index is -1.30. The highest BCUT2D eigenvalue weighted by Crippen LogP contribution is 2.22. The summed E-state index contributed by atoms with van der Waals surface area (Å²) in [7, 11) is 0. The Balaban J connectivity index is 2.10. The van der Waals surface area contributed by atoms with Crippen LogP contribution in [-0.2, 0) is 4.79 Å². The number of imide groups is 1. The van der Waals surface area contributed by atoms with Gasteiger partial charge < -0.3 is 10.4 Å². The first-order valence-electron chi connectivity index (χ1n) is 6.14. The number of aliphatic hydroxyl groups excluding tert-OH is 1. The van der Waals surface area contributed by atoms with Gasteiger partial charge in [-0.15, -0.1) is 0 Å². The molecule has 0 radical (unpaired) electrons. The van der Waals surface area contributed by atoms with Crippen molar-refractivity contribution in [3.05, 3.63) is 53.6 Å². The molecule has 1 aliphatic heterocycles. The molecule has 3 rings (SSSR count). The number of nitrogens with one attached hydrogen (secondary N) is 2. The van der Waals surface area contributed by atoms with Crippen molar-refractivity contribution in [1.29, 1.82) is 0 Å². The molecule has 1 saturated heterocycles. The van der Waals surface area contributed by atoms with E-state index in [9.17, 15) is 14.7 Å². The predicted octanol–water partition coefficient (Wildman–Crippen LogP) is 1.38. The number of urea groups is 1. The summed E-state index contributed by atoms with van der Waals surface area (Å²) in [6, 6.07) is 12.7. The Kier molecular flexibility index (Phi) is 2.96.